The average Bonchev–Trinajstić information content (AvgIpc) is 2.47. The third kappa shape index (κ3) is 4.27. The second-order valence-corrected chi connectivity index (χ2v) is 5.77. The van der Waals surface area contributed by atoms with E-state index in [9.17, 15) is 14.0 Å². The molecule has 1 aromatic carbocycles. The first-order chi connectivity index (χ1) is 10.5. The van der Waals surface area contributed by atoms with Crippen molar-refractivity contribution in [3.8, 4) is 0 Å². The number of amides is 2. The summed E-state index contributed by atoms with van der Waals surface area (Å²) in [4.78, 5) is 27.6. The van der Waals surface area contributed by atoms with E-state index < -0.39 is 5.82 Å². The number of carbonyl (C=O) groups excluding carboxylic acids is 2. The number of nitrogens with one attached hydrogen (secondary N) is 1. The summed E-state index contributed by atoms with van der Waals surface area (Å²) in [6.45, 7) is 6.41. The molecule has 0 bridgehead atoms. The zero-order chi connectivity index (χ0) is 16.1. The molecule has 0 radical (unpaired) electrons. The highest BCUT2D eigenvalue weighted by molar-refractivity contribution is 5.94. The summed E-state index contributed by atoms with van der Waals surface area (Å²) in [5.74, 6) is -0.792. The quantitative estimate of drug-likeness (QED) is 0.906. The Bertz CT molecular complexity index is 540. The van der Waals surface area contributed by atoms with Crippen LogP contribution in [0, 0.1) is 5.82 Å². The molecule has 1 aliphatic rings. The zero-order valence-electron chi connectivity index (χ0n) is 13.0. The molecule has 1 N–H and O–H groups in total. The molecular weight excluding hydrogens is 285 g/mol. The number of benzene rings is 1. The number of piperazine rings is 1. The monoisotopic (exact) mass is 307 g/mol. The lowest BCUT2D eigenvalue weighted by Gasteiger charge is -2.34. The number of hydrogen-bond acceptors (Lipinski definition) is 3. The Kier molecular flexibility index (Phi) is 5.49. The highest BCUT2D eigenvalue weighted by atomic mass is 19.1. The van der Waals surface area contributed by atoms with Gasteiger partial charge < -0.3 is 10.2 Å². The molecule has 5 nitrogen and oxygen atoms in total. The van der Waals surface area contributed by atoms with E-state index in [1.54, 1.807) is 17.0 Å². The molecule has 2 amide bonds. The minimum atomic E-state index is -0.494. The summed E-state index contributed by atoms with van der Waals surface area (Å²) < 4.78 is 13.7. The molecule has 6 heteroatoms. The van der Waals surface area contributed by atoms with Gasteiger partial charge in [0.1, 0.15) is 5.82 Å². The van der Waals surface area contributed by atoms with Gasteiger partial charge in [-0.05, 0) is 26.0 Å². The van der Waals surface area contributed by atoms with Crippen molar-refractivity contribution in [2.45, 2.75) is 19.9 Å². The lowest BCUT2D eigenvalue weighted by atomic mass is 10.1. The predicted octanol–water partition coefficient (Wildman–Crippen LogP) is 1.11. The van der Waals surface area contributed by atoms with E-state index in [-0.39, 0.29) is 23.4 Å². The summed E-state index contributed by atoms with van der Waals surface area (Å²) in [5, 5.41) is 2.85. The maximum absolute atomic E-state index is 13.7. The van der Waals surface area contributed by atoms with Crippen LogP contribution in [0.4, 0.5) is 4.39 Å². The van der Waals surface area contributed by atoms with Crippen LogP contribution in [0.1, 0.15) is 24.2 Å². The van der Waals surface area contributed by atoms with E-state index >= 15 is 0 Å². The second kappa shape index (κ2) is 7.35. The molecule has 120 valence electrons. The molecule has 1 saturated heterocycles. The van der Waals surface area contributed by atoms with Crippen LogP contribution in [0.2, 0.25) is 0 Å². The Labute approximate surface area is 130 Å². The molecule has 0 unspecified atom stereocenters. The van der Waals surface area contributed by atoms with E-state index in [1.807, 2.05) is 18.7 Å². The van der Waals surface area contributed by atoms with Crippen molar-refractivity contribution >= 4 is 11.8 Å². The molecule has 0 aromatic heterocycles. The second-order valence-electron chi connectivity index (χ2n) is 5.77. The summed E-state index contributed by atoms with van der Waals surface area (Å²) >= 11 is 0. The van der Waals surface area contributed by atoms with Crippen molar-refractivity contribution in [2.24, 2.45) is 0 Å². The van der Waals surface area contributed by atoms with Gasteiger partial charge >= 0.3 is 0 Å². The summed E-state index contributed by atoms with van der Waals surface area (Å²) in [6, 6.07) is 6.14. The maximum atomic E-state index is 13.7. The molecule has 1 fully saturated rings. The number of rotatable bonds is 4. The van der Waals surface area contributed by atoms with Gasteiger partial charge in [0.2, 0.25) is 5.91 Å². The minimum Gasteiger partial charge on any atom is -0.353 e. The van der Waals surface area contributed by atoms with E-state index in [0.29, 0.717) is 32.7 Å². The first-order valence-electron chi connectivity index (χ1n) is 7.53. The molecule has 0 atom stereocenters. The number of carbonyl (C=O) groups is 2. The first-order valence-corrected chi connectivity index (χ1v) is 7.53. The molecule has 1 aromatic rings. The van der Waals surface area contributed by atoms with Crippen LogP contribution in [0.3, 0.4) is 0 Å². The van der Waals surface area contributed by atoms with Gasteiger partial charge in [0.05, 0.1) is 12.1 Å². The van der Waals surface area contributed by atoms with Crippen molar-refractivity contribution in [1.82, 2.24) is 15.1 Å². The van der Waals surface area contributed by atoms with Crippen molar-refractivity contribution < 1.29 is 14.0 Å². The largest absolute Gasteiger partial charge is 0.353 e. The van der Waals surface area contributed by atoms with Crippen molar-refractivity contribution in [3.63, 3.8) is 0 Å². The van der Waals surface area contributed by atoms with Gasteiger partial charge in [-0.1, -0.05) is 12.1 Å². The van der Waals surface area contributed by atoms with Crippen LogP contribution in [0.25, 0.3) is 0 Å². The van der Waals surface area contributed by atoms with Gasteiger partial charge in [0.25, 0.3) is 5.91 Å². The first kappa shape index (κ1) is 16.4. The van der Waals surface area contributed by atoms with E-state index in [0.717, 1.165) is 0 Å². The lowest BCUT2D eigenvalue weighted by molar-refractivity contribution is -0.123. The Morgan fingerprint density at radius 2 is 1.82 bits per heavy atom. The molecule has 1 aliphatic heterocycles. The normalized spacial score (nSPS) is 15.9. The topological polar surface area (TPSA) is 52.7 Å². The minimum absolute atomic E-state index is 0.0103. The van der Waals surface area contributed by atoms with Crippen molar-refractivity contribution in [3.05, 3.63) is 35.6 Å². The Morgan fingerprint density at radius 1 is 1.18 bits per heavy atom. The third-order valence-electron chi connectivity index (χ3n) is 3.58. The van der Waals surface area contributed by atoms with Crippen LogP contribution >= 0.6 is 0 Å². The Balaban J connectivity index is 1.86. The number of hydrogen-bond donors (Lipinski definition) is 1. The van der Waals surface area contributed by atoms with Gasteiger partial charge in [-0.3, -0.25) is 14.5 Å². The lowest BCUT2D eigenvalue weighted by Crippen LogP contribution is -2.51. The summed E-state index contributed by atoms with van der Waals surface area (Å²) in [6.07, 6.45) is 0. The highest BCUT2D eigenvalue weighted by Crippen LogP contribution is 2.12. The fourth-order valence-electron chi connectivity index (χ4n) is 2.48. The Morgan fingerprint density at radius 3 is 2.41 bits per heavy atom. The van der Waals surface area contributed by atoms with E-state index in [4.69, 9.17) is 0 Å². The highest BCUT2D eigenvalue weighted by Gasteiger charge is 2.24. The molecule has 1 heterocycles. The van der Waals surface area contributed by atoms with Crippen LogP contribution in [-0.4, -0.2) is 60.4 Å². The SMILES string of the molecule is CC(C)NC(=O)CN1CCN(C(=O)c2ccccc2F)CC1. The van der Waals surface area contributed by atoms with Gasteiger partial charge in [0, 0.05) is 32.2 Å². The standard InChI is InChI=1S/C16H22FN3O2/c1-12(2)18-15(21)11-19-7-9-20(10-8-19)16(22)13-5-3-4-6-14(13)17/h3-6,12H,7-11H2,1-2H3,(H,18,21). The summed E-state index contributed by atoms with van der Waals surface area (Å²) in [5.41, 5.74) is 0.105. The van der Waals surface area contributed by atoms with Crippen LogP contribution in [0.5, 0.6) is 0 Å². The summed E-state index contributed by atoms with van der Waals surface area (Å²) in [7, 11) is 0. The predicted molar refractivity (Wildman–Crippen MR) is 82.0 cm³/mol. The van der Waals surface area contributed by atoms with Gasteiger partial charge in [-0.2, -0.15) is 0 Å². The number of nitrogens with zero attached hydrogens (tertiary/aromatic N) is 2. The van der Waals surface area contributed by atoms with E-state index in [2.05, 4.69) is 5.32 Å². The average molecular weight is 307 g/mol. The van der Waals surface area contributed by atoms with Crippen LogP contribution in [-0.2, 0) is 4.79 Å². The molecule has 22 heavy (non-hydrogen) atoms. The third-order valence-corrected chi connectivity index (χ3v) is 3.58. The van der Waals surface area contributed by atoms with Crippen molar-refractivity contribution in [1.29, 1.82) is 0 Å². The van der Waals surface area contributed by atoms with Gasteiger partial charge in [-0.15, -0.1) is 0 Å². The van der Waals surface area contributed by atoms with Crippen molar-refractivity contribution in [2.75, 3.05) is 32.7 Å². The Hall–Kier alpha value is -1.95. The van der Waals surface area contributed by atoms with Crippen LogP contribution in [0.15, 0.2) is 24.3 Å². The molecule has 2 rings (SSSR count). The molecule has 0 aliphatic carbocycles. The van der Waals surface area contributed by atoms with Crippen LogP contribution < -0.4 is 5.32 Å². The molecule has 0 saturated carbocycles. The molecule has 0 spiro atoms. The molecular formula is C16H22FN3O2. The zero-order valence-corrected chi connectivity index (χ0v) is 13.0. The fourth-order valence-corrected chi connectivity index (χ4v) is 2.48. The smallest absolute Gasteiger partial charge is 0.256 e. The van der Waals surface area contributed by atoms with Gasteiger partial charge in [0.15, 0.2) is 0 Å². The maximum Gasteiger partial charge on any atom is 0.256 e. The number of halogens is 1. The van der Waals surface area contributed by atoms with E-state index in [1.165, 1.54) is 12.1 Å². The van der Waals surface area contributed by atoms with Gasteiger partial charge in [-0.25, -0.2) is 4.39 Å². The fraction of sp³-hybridized carbons (Fsp3) is 0.500.